The smallest absolute Gasteiger partial charge is 0.246 e. The Kier molecular flexibility index (Phi) is 10.5. The summed E-state index contributed by atoms with van der Waals surface area (Å²) < 4.78 is 0. The van der Waals surface area contributed by atoms with Gasteiger partial charge in [0.25, 0.3) is 0 Å². The number of amides is 4. The average molecular weight is 630 g/mol. The van der Waals surface area contributed by atoms with Gasteiger partial charge >= 0.3 is 0 Å². The molecule has 1 unspecified atom stereocenters. The van der Waals surface area contributed by atoms with Crippen molar-refractivity contribution >= 4 is 40.9 Å². The SMILES string of the molecule is Cc1cc(NC(=O)[C@H](CCN)NC(=O)[C@@H]2Cc3ccccc3CN2C(=O)CCC(=O)N2CCCC2c2ccccc2)ccc1Cl. The van der Waals surface area contributed by atoms with Crippen LogP contribution >= 0.6 is 11.6 Å². The number of aryl methyl sites for hydroxylation is 1. The van der Waals surface area contributed by atoms with E-state index in [9.17, 15) is 19.2 Å². The number of hydrogen-bond acceptors (Lipinski definition) is 5. The number of likely N-dealkylation sites (tertiary alicyclic amines) is 1. The van der Waals surface area contributed by atoms with E-state index in [1.54, 1.807) is 23.1 Å². The number of rotatable bonds is 10. The molecule has 0 aliphatic carbocycles. The van der Waals surface area contributed by atoms with Gasteiger partial charge in [-0.3, -0.25) is 19.2 Å². The minimum absolute atomic E-state index is 0.00851. The summed E-state index contributed by atoms with van der Waals surface area (Å²) in [7, 11) is 0. The number of halogens is 1. The molecule has 2 heterocycles. The fraction of sp³-hybridized carbons (Fsp3) is 0.371. The molecule has 0 aromatic heterocycles. The fourth-order valence-electron chi connectivity index (χ4n) is 6.26. The van der Waals surface area contributed by atoms with Crippen molar-refractivity contribution in [2.45, 2.75) is 70.1 Å². The number of carbonyl (C=O) groups is 4. The lowest BCUT2D eigenvalue weighted by Gasteiger charge is -2.37. The van der Waals surface area contributed by atoms with Gasteiger partial charge in [-0.1, -0.05) is 66.2 Å². The van der Waals surface area contributed by atoms with E-state index in [4.69, 9.17) is 17.3 Å². The Balaban J connectivity index is 1.27. The molecular formula is C35H40ClN5O4. The molecule has 3 atom stereocenters. The van der Waals surface area contributed by atoms with Crippen molar-refractivity contribution in [3.63, 3.8) is 0 Å². The van der Waals surface area contributed by atoms with Crippen molar-refractivity contribution in [1.29, 1.82) is 0 Å². The van der Waals surface area contributed by atoms with Crippen LogP contribution in [0.3, 0.4) is 0 Å². The van der Waals surface area contributed by atoms with Crippen LogP contribution in [0.25, 0.3) is 0 Å². The summed E-state index contributed by atoms with van der Waals surface area (Å²) in [6.45, 7) is 2.92. The molecule has 0 radical (unpaired) electrons. The van der Waals surface area contributed by atoms with Gasteiger partial charge in [0, 0.05) is 43.1 Å². The molecule has 2 aliphatic rings. The highest BCUT2D eigenvalue weighted by Gasteiger charge is 2.37. The molecule has 5 rings (SSSR count). The van der Waals surface area contributed by atoms with Crippen LogP contribution in [0.1, 0.15) is 60.4 Å². The molecule has 0 saturated carbocycles. The second-order valence-corrected chi connectivity index (χ2v) is 12.2. The van der Waals surface area contributed by atoms with Gasteiger partial charge in [0.15, 0.2) is 0 Å². The van der Waals surface area contributed by atoms with E-state index in [0.29, 0.717) is 23.7 Å². The Bertz CT molecular complexity index is 1550. The minimum Gasteiger partial charge on any atom is -0.342 e. The van der Waals surface area contributed by atoms with Crippen LogP contribution in [-0.2, 0) is 32.1 Å². The zero-order valence-corrected chi connectivity index (χ0v) is 26.3. The quantitative estimate of drug-likeness (QED) is 0.304. The molecule has 9 nitrogen and oxygen atoms in total. The number of hydrogen-bond donors (Lipinski definition) is 3. The maximum absolute atomic E-state index is 13.8. The van der Waals surface area contributed by atoms with Crippen LogP contribution in [0.5, 0.6) is 0 Å². The zero-order valence-electron chi connectivity index (χ0n) is 25.5. The summed E-state index contributed by atoms with van der Waals surface area (Å²) in [5.74, 6) is -1.18. The first-order valence-corrected chi connectivity index (χ1v) is 15.9. The molecule has 1 fully saturated rings. The normalized spacial score (nSPS) is 18.2. The van der Waals surface area contributed by atoms with E-state index in [0.717, 1.165) is 35.1 Å². The van der Waals surface area contributed by atoms with Gasteiger partial charge in [0.1, 0.15) is 12.1 Å². The first-order chi connectivity index (χ1) is 21.7. The van der Waals surface area contributed by atoms with Crippen LogP contribution in [0.2, 0.25) is 5.02 Å². The second-order valence-electron chi connectivity index (χ2n) is 11.8. The summed E-state index contributed by atoms with van der Waals surface area (Å²) in [4.78, 5) is 57.5. The molecule has 2 aliphatic heterocycles. The molecule has 45 heavy (non-hydrogen) atoms. The lowest BCUT2D eigenvalue weighted by Crippen LogP contribution is -2.56. The first kappa shape index (κ1) is 32.2. The van der Waals surface area contributed by atoms with Crippen LogP contribution < -0.4 is 16.4 Å². The fourth-order valence-corrected chi connectivity index (χ4v) is 6.38. The van der Waals surface area contributed by atoms with Crippen molar-refractivity contribution < 1.29 is 19.2 Å². The van der Waals surface area contributed by atoms with Gasteiger partial charge in [-0.05, 0) is 73.2 Å². The van der Waals surface area contributed by atoms with Gasteiger partial charge in [-0.25, -0.2) is 0 Å². The third kappa shape index (κ3) is 7.72. The molecule has 3 aromatic rings. The van der Waals surface area contributed by atoms with Crippen molar-refractivity contribution in [3.8, 4) is 0 Å². The zero-order chi connectivity index (χ0) is 31.9. The van der Waals surface area contributed by atoms with Gasteiger partial charge in [0.05, 0.1) is 6.04 Å². The maximum Gasteiger partial charge on any atom is 0.246 e. The molecule has 3 aromatic carbocycles. The molecule has 0 spiro atoms. The van der Waals surface area contributed by atoms with Crippen molar-refractivity contribution in [1.82, 2.24) is 15.1 Å². The highest BCUT2D eigenvalue weighted by Crippen LogP contribution is 2.33. The molecule has 1 saturated heterocycles. The lowest BCUT2D eigenvalue weighted by atomic mass is 9.92. The van der Waals surface area contributed by atoms with Crippen molar-refractivity contribution in [3.05, 3.63) is 100 Å². The average Bonchev–Trinajstić information content (AvgIpc) is 3.55. The Morgan fingerprint density at radius 3 is 2.33 bits per heavy atom. The summed E-state index contributed by atoms with van der Waals surface area (Å²) in [5, 5.41) is 6.28. The van der Waals surface area contributed by atoms with Crippen LogP contribution in [0, 0.1) is 6.92 Å². The summed E-state index contributed by atoms with van der Waals surface area (Å²) in [6.07, 6.45) is 2.38. The van der Waals surface area contributed by atoms with Crippen LogP contribution in [0.15, 0.2) is 72.8 Å². The topological polar surface area (TPSA) is 125 Å². The number of nitrogens with zero attached hydrogens (tertiary/aromatic N) is 2. The van der Waals surface area contributed by atoms with Gasteiger partial charge in [-0.15, -0.1) is 0 Å². The standard InChI is InChI=1S/C35H40ClN5O4/c1-23-20-27(13-14-28(23)36)38-34(44)29(17-18-37)39-35(45)31-21-25-10-5-6-11-26(25)22-41(31)33(43)16-15-32(42)40-19-7-12-30(40)24-8-3-2-4-9-24/h2-6,8-11,13-14,20,29-31H,7,12,15-19,21-22,37H2,1H3,(H,38,44)(H,39,45)/t29-,30?,31-/m0/s1. The monoisotopic (exact) mass is 629 g/mol. The Morgan fingerprint density at radius 2 is 1.62 bits per heavy atom. The van der Waals surface area contributed by atoms with E-state index in [1.165, 1.54) is 0 Å². The molecule has 10 heteroatoms. The number of benzene rings is 3. The van der Waals surface area contributed by atoms with Crippen molar-refractivity contribution in [2.75, 3.05) is 18.4 Å². The van der Waals surface area contributed by atoms with E-state index < -0.39 is 23.9 Å². The molecule has 4 amide bonds. The highest BCUT2D eigenvalue weighted by atomic mass is 35.5. The van der Waals surface area contributed by atoms with Gasteiger partial charge in [-0.2, -0.15) is 0 Å². The van der Waals surface area contributed by atoms with E-state index in [1.807, 2.05) is 66.4 Å². The van der Waals surface area contributed by atoms with E-state index >= 15 is 0 Å². The number of carbonyl (C=O) groups excluding carboxylic acids is 4. The third-order valence-corrected chi connectivity index (χ3v) is 9.12. The van der Waals surface area contributed by atoms with Gasteiger partial charge in [0.2, 0.25) is 23.6 Å². The summed E-state index contributed by atoms with van der Waals surface area (Å²) in [6, 6.07) is 21.1. The van der Waals surface area contributed by atoms with E-state index in [2.05, 4.69) is 10.6 Å². The number of anilines is 1. The lowest BCUT2D eigenvalue weighted by molar-refractivity contribution is -0.144. The molecule has 4 N–H and O–H groups in total. The number of fused-ring (bicyclic) bond motifs is 1. The Hall–Kier alpha value is -4.21. The largest absolute Gasteiger partial charge is 0.342 e. The predicted molar refractivity (Wildman–Crippen MR) is 174 cm³/mol. The van der Waals surface area contributed by atoms with Crippen molar-refractivity contribution in [2.24, 2.45) is 5.73 Å². The first-order valence-electron chi connectivity index (χ1n) is 15.5. The molecule has 236 valence electrons. The molecular weight excluding hydrogens is 590 g/mol. The number of nitrogens with two attached hydrogens (primary N) is 1. The highest BCUT2D eigenvalue weighted by molar-refractivity contribution is 6.31. The predicted octanol–water partition coefficient (Wildman–Crippen LogP) is 4.52. The third-order valence-electron chi connectivity index (χ3n) is 8.70. The molecule has 0 bridgehead atoms. The summed E-state index contributed by atoms with van der Waals surface area (Å²) >= 11 is 6.12. The maximum atomic E-state index is 13.8. The second kappa shape index (κ2) is 14.7. The Labute approximate surface area is 269 Å². The number of nitrogens with one attached hydrogen (secondary N) is 2. The van der Waals surface area contributed by atoms with Crippen LogP contribution in [-0.4, -0.2) is 58.6 Å². The van der Waals surface area contributed by atoms with Gasteiger partial charge < -0.3 is 26.2 Å². The summed E-state index contributed by atoms with van der Waals surface area (Å²) in [5.41, 5.74) is 10.2. The van der Waals surface area contributed by atoms with Crippen LogP contribution in [0.4, 0.5) is 5.69 Å². The minimum atomic E-state index is -0.903. The van der Waals surface area contributed by atoms with E-state index in [-0.39, 0.29) is 50.2 Å². The Morgan fingerprint density at radius 1 is 0.933 bits per heavy atom.